The highest BCUT2D eigenvalue weighted by atomic mass is 19.3. The summed E-state index contributed by atoms with van der Waals surface area (Å²) in [6.07, 6.45) is 12.1. The van der Waals surface area contributed by atoms with Crippen LogP contribution in [0.3, 0.4) is 0 Å². The third-order valence-electron chi connectivity index (χ3n) is 6.63. The van der Waals surface area contributed by atoms with Crippen LogP contribution in [0.15, 0.2) is 0 Å². The van der Waals surface area contributed by atoms with Crippen LogP contribution in [0, 0.1) is 0 Å². The van der Waals surface area contributed by atoms with Crippen molar-refractivity contribution in [1.29, 1.82) is 0 Å². The summed E-state index contributed by atoms with van der Waals surface area (Å²) in [5.41, 5.74) is 0. The summed E-state index contributed by atoms with van der Waals surface area (Å²) in [6, 6.07) is 0. The third kappa shape index (κ3) is 12.3. The van der Waals surface area contributed by atoms with Gasteiger partial charge in [0.2, 0.25) is 0 Å². The van der Waals surface area contributed by atoms with Gasteiger partial charge in [0.1, 0.15) is 0 Å². The Kier molecular flexibility index (Phi) is 19.0. The summed E-state index contributed by atoms with van der Waals surface area (Å²) in [5.74, 6) is -14.0. The van der Waals surface area contributed by atoms with Gasteiger partial charge >= 0.3 is 11.8 Å². The minimum Gasteiger partial charge on any atom is -0.337 e. The minimum atomic E-state index is -5.08. The molecule has 0 bridgehead atoms. The van der Waals surface area contributed by atoms with E-state index in [9.17, 15) is 9.59 Å². The molecule has 0 saturated heterocycles. The fourth-order valence-electron chi connectivity index (χ4n) is 4.21. The van der Waals surface area contributed by atoms with Crippen molar-refractivity contribution in [3.05, 3.63) is 0 Å². The van der Waals surface area contributed by atoms with Crippen molar-refractivity contribution >= 4 is 11.8 Å². The molecule has 0 atom stereocenters. The lowest BCUT2D eigenvalue weighted by atomic mass is 10.1. The van der Waals surface area contributed by atoms with Crippen LogP contribution >= 0.6 is 0 Å². The molecule has 0 spiro atoms. The lowest BCUT2D eigenvalue weighted by molar-refractivity contribution is -0.223. The van der Waals surface area contributed by atoms with Gasteiger partial charge in [-0.05, 0) is 25.7 Å². The van der Waals surface area contributed by atoms with Crippen LogP contribution in [0.25, 0.3) is 0 Å². The first-order chi connectivity index (χ1) is 17.1. The molecule has 0 aliphatic rings. The van der Waals surface area contributed by atoms with Gasteiger partial charge in [0.15, 0.2) is 0 Å². The van der Waals surface area contributed by atoms with Crippen molar-refractivity contribution in [2.75, 3.05) is 26.2 Å². The number of amides is 2. The second kappa shape index (κ2) is 19.7. The summed E-state index contributed by atoms with van der Waals surface area (Å²) < 4.78 is 60.4. The molecular formula is C28H52F4N2O2. The maximum Gasteiger partial charge on any atom is 0.395 e. The van der Waals surface area contributed by atoms with Crippen LogP contribution in [0.2, 0.25) is 0 Å². The van der Waals surface area contributed by atoms with Gasteiger partial charge in [-0.2, -0.15) is 17.6 Å². The first-order valence-corrected chi connectivity index (χ1v) is 14.5. The standard InChI is InChI=1S/C28H52F4N2O2/c1-5-9-13-17-21-33(22-18-14-10-6-2)25(35)27(29,30)28(31,32)26(36)34(23-19-15-11-7-3)24-20-16-12-8-4/h5-24H2,1-4H3. The molecule has 4 nitrogen and oxygen atoms in total. The van der Waals surface area contributed by atoms with E-state index < -0.39 is 23.7 Å². The fraction of sp³-hybridized carbons (Fsp3) is 0.929. The molecule has 36 heavy (non-hydrogen) atoms. The number of nitrogens with zero attached hydrogens (tertiary/aromatic N) is 2. The molecule has 0 fully saturated rings. The topological polar surface area (TPSA) is 40.6 Å². The Balaban J connectivity index is 5.57. The van der Waals surface area contributed by atoms with Crippen LogP contribution < -0.4 is 0 Å². The Hall–Kier alpha value is -1.34. The zero-order valence-electron chi connectivity index (χ0n) is 23.4. The van der Waals surface area contributed by atoms with Crippen LogP contribution in [0.4, 0.5) is 17.6 Å². The molecule has 0 aromatic carbocycles. The minimum absolute atomic E-state index is 0.00255. The summed E-state index contributed by atoms with van der Waals surface area (Å²) in [6.45, 7) is 8.03. The van der Waals surface area contributed by atoms with Gasteiger partial charge in [-0.3, -0.25) is 9.59 Å². The maximum atomic E-state index is 15.1. The third-order valence-corrected chi connectivity index (χ3v) is 6.63. The van der Waals surface area contributed by atoms with Crippen LogP contribution in [-0.2, 0) is 9.59 Å². The number of hydrogen-bond donors (Lipinski definition) is 0. The lowest BCUT2D eigenvalue weighted by Crippen LogP contribution is -2.61. The van der Waals surface area contributed by atoms with Gasteiger partial charge < -0.3 is 9.80 Å². The summed E-state index contributed by atoms with van der Waals surface area (Å²) in [5, 5.41) is 0. The number of halogens is 4. The van der Waals surface area contributed by atoms with E-state index in [4.69, 9.17) is 0 Å². The Morgan fingerprint density at radius 1 is 0.444 bits per heavy atom. The quantitative estimate of drug-likeness (QED) is 0.0997. The Morgan fingerprint density at radius 2 is 0.667 bits per heavy atom. The van der Waals surface area contributed by atoms with E-state index in [0.717, 1.165) is 86.8 Å². The predicted octanol–water partition coefficient (Wildman–Crippen LogP) is 8.24. The Morgan fingerprint density at radius 3 is 0.861 bits per heavy atom. The molecule has 0 aliphatic carbocycles. The predicted molar refractivity (Wildman–Crippen MR) is 140 cm³/mol. The van der Waals surface area contributed by atoms with E-state index in [0.29, 0.717) is 25.7 Å². The molecule has 2 amide bonds. The lowest BCUT2D eigenvalue weighted by Gasteiger charge is -2.34. The maximum absolute atomic E-state index is 15.1. The summed E-state index contributed by atoms with van der Waals surface area (Å²) >= 11 is 0. The van der Waals surface area contributed by atoms with Crippen LogP contribution in [0.1, 0.15) is 130 Å². The number of alkyl halides is 4. The largest absolute Gasteiger partial charge is 0.395 e. The number of carbonyl (C=O) groups is 2. The molecular weight excluding hydrogens is 472 g/mol. The first-order valence-electron chi connectivity index (χ1n) is 14.5. The van der Waals surface area contributed by atoms with E-state index in [2.05, 4.69) is 0 Å². The Bertz CT molecular complexity index is 514. The van der Waals surface area contributed by atoms with Crippen LogP contribution in [0.5, 0.6) is 0 Å². The molecule has 0 aromatic heterocycles. The zero-order chi connectivity index (χ0) is 27.5. The van der Waals surface area contributed by atoms with Crippen LogP contribution in [-0.4, -0.2) is 59.6 Å². The van der Waals surface area contributed by atoms with Crippen molar-refractivity contribution in [3.63, 3.8) is 0 Å². The Labute approximate surface area is 217 Å². The van der Waals surface area contributed by atoms with Gasteiger partial charge in [-0.15, -0.1) is 0 Å². The van der Waals surface area contributed by atoms with E-state index in [1.165, 1.54) is 0 Å². The average Bonchev–Trinajstić information content (AvgIpc) is 2.85. The molecule has 0 radical (unpaired) electrons. The normalized spacial score (nSPS) is 12.1. The number of unbranched alkanes of at least 4 members (excludes halogenated alkanes) is 12. The molecule has 0 aliphatic heterocycles. The van der Waals surface area contributed by atoms with Crippen molar-refractivity contribution < 1.29 is 27.2 Å². The van der Waals surface area contributed by atoms with Gasteiger partial charge in [0.05, 0.1) is 0 Å². The average molecular weight is 525 g/mol. The summed E-state index contributed by atoms with van der Waals surface area (Å²) in [4.78, 5) is 27.3. The molecule has 0 N–H and O–H groups in total. The van der Waals surface area contributed by atoms with Crippen molar-refractivity contribution in [2.45, 2.75) is 142 Å². The molecule has 0 heterocycles. The summed E-state index contributed by atoms with van der Waals surface area (Å²) in [7, 11) is 0. The second-order valence-electron chi connectivity index (χ2n) is 9.98. The van der Waals surface area contributed by atoms with Crippen molar-refractivity contribution in [2.24, 2.45) is 0 Å². The van der Waals surface area contributed by atoms with Gasteiger partial charge in [-0.1, -0.05) is 105 Å². The van der Waals surface area contributed by atoms with Crippen molar-refractivity contribution in [3.8, 4) is 0 Å². The van der Waals surface area contributed by atoms with Gasteiger partial charge in [-0.25, -0.2) is 0 Å². The fourth-order valence-corrected chi connectivity index (χ4v) is 4.21. The highest BCUT2D eigenvalue weighted by molar-refractivity contribution is 5.95. The SMILES string of the molecule is CCCCCCN(CCCCCC)C(=O)C(F)(F)C(F)(F)C(=O)N(CCCCCC)CCCCCC. The van der Waals surface area contributed by atoms with Crippen molar-refractivity contribution in [1.82, 2.24) is 9.80 Å². The smallest absolute Gasteiger partial charge is 0.337 e. The number of hydrogen-bond acceptors (Lipinski definition) is 2. The van der Waals surface area contributed by atoms with Gasteiger partial charge in [0.25, 0.3) is 11.8 Å². The second-order valence-corrected chi connectivity index (χ2v) is 9.98. The number of carbonyl (C=O) groups excluding carboxylic acids is 2. The first kappa shape index (κ1) is 34.7. The monoisotopic (exact) mass is 524 g/mol. The molecule has 0 rings (SSSR count). The van der Waals surface area contributed by atoms with E-state index >= 15 is 17.6 Å². The molecule has 0 saturated carbocycles. The van der Waals surface area contributed by atoms with E-state index in [1.54, 1.807) is 0 Å². The van der Waals surface area contributed by atoms with E-state index in [-0.39, 0.29) is 26.2 Å². The molecule has 0 aromatic rings. The highest BCUT2D eigenvalue weighted by Crippen LogP contribution is 2.38. The van der Waals surface area contributed by atoms with E-state index in [1.807, 2.05) is 27.7 Å². The number of rotatable bonds is 23. The molecule has 214 valence electrons. The molecule has 8 heteroatoms. The zero-order valence-corrected chi connectivity index (χ0v) is 23.4. The van der Waals surface area contributed by atoms with Gasteiger partial charge in [0, 0.05) is 26.2 Å². The molecule has 0 unspecified atom stereocenters. The highest BCUT2D eigenvalue weighted by Gasteiger charge is 2.68.